The second-order valence-electron chi connectivity index (χ2n) is 6.98. The van der Waals surface area contributed by atoms with Crippen molar-refractivity contribution in [2.75, 3.05) is 31.1 Å². The highest BCUT2D eigenvalue weighted by molar-refractivity contribution is 5.89. The van der Waals surface area contributed by atoms with Gasteiger partial charge in [-0.15, -0.1) is 5.10 Å². The summed E-state index contributed by atoms with van der Waals surface area (Å²) >= 11 is 0. The highest BCUT2D eigenvalue weighted by atomic mass is 16.4. The van der Waals surface area contributed by atoms with Gasteiger partial charge >= 0.3 is 6.01 Å². The molecule has 26 heavy (non-hydrogen) atoms. The summed E-state index contributed by atoms with van der Waals surface area (Å²) in [6, 6.07) is 8.62. The fourth-order valence-corrected chi connectivity index (χ4v) is 3.29. The molecule has 1 fully saturated rings. The number of anilines is 1. The van der Waals surface area contributed by atoms with Crippen molar-refractivity contribution in [3.8, 4) is 0 Å². The molecule has 0 radical (unpaired) electrons. The fraction of sp³-hybridized carbons (Fsp3) is 0.421. The summed E-state index contributed by atoms with van der Waals surface area (Å²) in [6.07, 6.45) is 2.35. The van der Waals surface area contributed by atoms with Gasteiger partial charge in [0.05, 0.1) is 6.42 Å². The number of para-hydroxylation sites is 1. The maximum absolute atomic E-state index is 12.7. The van der Waals surface area contributed by atoms with Crippen LogP contribution in [0.15, 0.2) is 34.9 Å². The molecule has 3 aromatic rings. The number of nitrogens with one attached hydrogen (secondary N) is 1. The Balaban J connectivity index is 1.37. The van der Waals surface area contributed by atoms with E-state index in [1.54, 1.807) is 0 Å². The molecule has 2 aromatic heterocycles. The van der Waals surface area contributed by atoms with Crippen molar-refractivity contribution in [3.05, 3.63) is 41.9 Å². The largest absolute Gasteiger partial charge is 0.408 e. The van der Waals surface area contributed by atoms with Gasteiger partial charge in [0.15, 0.2) is 0 Å². The van der Waals surface area contributed by atoms with Crippen molar-refractivity contribution in [2.45, 2.75) is 26.2 Å². The van der Waals surface area contributed by atoms with E-state index >= 15 is 0 Å². The van der Waals surface area contributed by atoms with Crippen LogP contribution in [0.25, 0.3) is 10.9 Å². The van der Waals surface area contributed by atoms with Crippen molar-refractivity contribution in [3.63, 3.8) is 0 Å². The van der Waals surface area contributed by atoms with E-state index < -0.39 is 0 Å². The van der Waals surface area contributed by atoms with Crippen LogP contribution in [-0.4, -0.2) is 52.2 Å². The number of hydrogen-bond acceptors (Lipinski definition) is 5. The van der Waals surface area contributed by atoms with E-state index in [0.29, 0.717) is 44.5 Å². The second-order valence-corrected chi connectivity index (χ2v) is 6.98. The molecule has 1 saturated heterocycles. The average Bonchev–Trinajstić information content (AvgIpc) is 3.30. The van der Waals surface area contributed by atoms with Gasteiger partial charge in [0.2, 0.25) is 11.8 Å². The van der Waals surface area contributed by atoms with Gasteiger partial charge in [0.25, 0.3) is 0 Å². The molecular formula is C19H23N5O2. The zero-order valence-electron chi connectivity index (χ0n) is 15.1. The highest BCUT2D eigenvalue weighted by Gasteiger charge is 2.25. The van der Waals surface area contributed by atoms with Crippen molar-refractivity contribution >= 4 is 22.8 Å². The summed E-state index contributed by atoms with van der Waals surface area (Å²) in [7, 11) is 0. The summed E-state index contributed by atoms with van der Waals surface area (Å²) in [5.41, 5.74) is 2.11. The van der Waals surface area contributed by atoms with Gasteiger partial charge < -0.3 is 19.2 Å². The Morgan fingerprint density at radius 1 is 1.19 bits per heavy atom. The van der Waals surface area contributed by atoms with Gasteiger partial charge in [0, 0.05) is 49.2 Å². The lowest BCUT2D eigenvalue weighted by atomic mass is 10.1. The number of fused-ring (bicyclic) bond motifs is 1. The molecule has 1 aliphatic heterocycles. The van der Waals surface area contributed by atoms with E-state index in [0.717, 1.165) is 16.5 Å². The number of rotatable bonds is 4. The summed E-state index contributed by atoms with van der Waals surface area (Å²) < 4.78 is 5.71. The third kappa shape index (κ3) is 3.16. The first kappa shape index (κ1) is 16.6. The molecule has 136 valence electrons. The van der Waals surface area contributed by atoms with Crippen LogP contribution in [0.3, 0.4) is 0 Å². The third-order valence-electron chi connectivity index (χ3n) is 4.84. The first-order valence-corrected chi connectivity index (χ1v) is 9.03. The van der Waals surface area contributed by atoms with Crippen molar-refractivity contribution in [2.24, 2.45) is 0 Å². The lowest BCUT2D eigenvalue weighted by Crippen LogP contribution is -2.49. The molecule has 3 heterocycles. The molecule has 0 spiro atoms. The molecule has 1 N–H and O–H groups in total. The third-order valence-corrected chi connectivity index (χ3v) is 4.84. The molecule has 7 heteroatoms. The predicted octanol–water partition coefficient (Wildman–Crippen LogP) is 2.57. The van der Waals surface area contributed by atoms with Crippen LogP contribution in [0.4, 0.5) is 6.01 Å². The molecule has 1 aliphatic rings. The molecule has 0 atom stereocenters. The van der Waals surface area contributed by atoms with E-state index in [2.05, 4.69) is 15.2 Å². The van der Waals surface area contributed by atoms with Crippen LogP contribution in [0.1, 0.15) is 31.2 Å². The van der Waals surface area contributed by atoms with Crippen molar-refractivity contribution in [1.82, 2.24) is 20.1 Å². The number of aromatic nitrogens is 3. The molecular weight excluding hydrogens is 330 g/mol. The van der Waals surface area contributed by atoms with Crippen molar-refractivity contribution < 1.29 is 9.21 Å². The fourth-order valence-electron chi connectivity index (χ4n) is 3.29. The minimum atomic E-state index is 0.155. The molecule has 0 unspecified atom stereocenters. The Kier molecular flexibility index (Phi) is 4.36. The van der Waals surface area contributed by atoms with Crippen LogP contribution in [0, 0.1) is 0 Å². The molecule has 1 aromatic carbocycles. The summed E-state index contributed by atoms with van der Waals surface area (Å²) in [4.78, 5) is 19.9. The van der Waals surface area contributed by atoms with Crippen LogP contribution >= 0.6 is 0 Å². The number of piperazine rings is 1. The van der Waals surface area contributed by atoms with Crippen LogP contribution in [-0.2, 0) is 11.2 Å². The normalized spacial score (nSPS) is 15.2. The smallest absolute Gasteiger partial charge is 0.318 e. The number of H-pyrrole nitrogens is 1. The van der Waals surface area contributed by atoms with E-state index in [-0.39, 0.29) is 11.8 Å². The van der Waals surface area contributed by atoms with Crippen LogP contribution in [0.5, 0.6) is 0 Å². The van der Waals surface area contributed by atoms with Crippen LogP contribution < -0.4 is 4.90 Å². The first-order chi connectivity index (χ1) is 12.6. The second kappa shape index (κ2) is 6.82. The monoisotopic (exact) mass is 353 g/mol. The molecule has 4 rings (SSSR count). The molecule has 7 nitrogen and oxygen atoms in total. The Morgan fingerprint density at radius 2 is 1.96 bits per heavy atom. The zero-order valence-corrected chi connectivity index (χ0v) is 15.1. The van der Waals surface area contributed by atoms with Gasteiger partial charge in [-0.05, 0) is 11.6 Å². The van der Waals surface area contributed by atoms with Crippen molar-refractivity contribution in [1.29, 1.82) is 0 Å². The number of benzene rings is 1. The number of nitrogens with zero attached hydrogens (tertiary/aromatic N) is 4. The first-order valence-electron chi connectivity index (χ1n) is 9.03. The highest BCUT2D eigenvalue weighted by Crippen LogP contribution is 2.21. The van der Waals surface area contributed by atoms with E-state index in [1.165, 1.54) is 0 Å². The maximum Gasteiger partial charge on any atom is 0.318 e. The van der Waals surface area contributed by atoms with Gasteiger partial charge in [-0.3, -0.25) is 4.79 Å². The Hall–Kier alpha value is -2.83. The van der Waals surface area contributed by atoms with E-state index in [4.69, 9.17) is 4.42 Å². The minimum Gasteiger partial charge on any atom is -0.408 e. The number of carbonyl (C=O) groups excluding carboxylic acids is 1. The van der Waals surface area contributed by atoms with Gasteiger partial charge in [-0.25, -0.2) is 0 Å². The average molecular weight is 353 g/mol. The molecule has 1 amide bonds. The number of hydrogen-bond donors (Lipinski definition) is 1. The van der Waals surface area contributed by atoms with Crippen LogP contribution in [0.2, 0.25) is 0 Å². The predicted molar refractivity (Wildman–Crippen MR) is 99.2 cm³/mol. The van der Waals surface area contributed by atoms with Gasteiger partial charge in [-0.1, -0.05) is 37.1 Å². The zero-order chi connectivity index (χ0) is 18.1. The Morgan fingerprint density at radius 3 is 2.69 bits per heavy atom. The lowest BCUT2D eigenvalue weighted by Gasteiger charge is -2.33. The SMILES string of the molecule is CC(C)c1nnc(N2CCN(C(=O)Cc3c[nH]c4ccccc34)CC2)o1. The summed E-state index contributed by atoms with van der Waals surface area (Å²) in [5.74, 6) is 1.02. The van der Waals surface area contributed by atoms with E-state index in [1.807, 2.05) is 54.1 Å². The molecule has 0 saturated carbocycles. The maximum atomic E-state index is 12.7. The van der Waals surface area contributed by atoms with E-state index in [9.17, 15) is 4.79 Å². The molecule has 0 bridgehead atoms. The van der Waals surface area contributed by atoms with Gasteiger partial charge in [-0.2, -0.15) is 0 Å². The Bertz CT molecular complexity index is 905. The molecule has 0 aliphatic carbocycles. The topological polar surface area (TPSA) is 78.3 Å². The standard InChI is InChI=1S/C19H23N5O2/c1-13(2)18-21-22-19(26-18)24-9-7-23(8-10-24)17(25)11-14-12-20-16-6-4-3-5-15(14)16/h3-6,12-13,20H,7-11H2,1-2H3. The Labute approximate surface area is 152 Å². The quantitative estimate of drug-likeness (QED) is 0.780. The van der Waals surface area contributed by atoms with Gasteiger partial charge in [0.1, 0.15) is 0 Å². The summed E-state index contributed by atoms with van der Waals surface area (Å²) in [5, 5.41) is 9.33. The minimum absolute atomic E-state index is 0.155. The lowest BCUT2D eigenvalue weighted by molar-refractivity contribution is -0.130. The summed E-state index contributed by atoms with van der Waals surface area (Å²) in [6.45, 7) is 6.80. The number of carbonyl (C=O) groups is 1. The number of amides is 1. The number of aromatic amines is 1.